The summed E-state index contributed by atoms with van der Waals surface area (Å²) in [6.07, 6.45) is -4.91. The summed E-state index contributed by atoms with van der Waals surface area (Å²) >= 11 is 5.74. The molecule has 0 amide bonds. The number of nitrogens with zero attached hydrogens (tertiary/aromatic N) is 4. The maximum atomic E-state index is 14.2. The molecule has 2 atom stereocenters. The smallest absolute Gasteiger partial charge is 0.255 e. The number of benzene rings is 2. The lowest BCUT2D eigenvalue weighted by Crippen LogP contribution is -2.43. The van der Waals surface area contributed by atoms with Gasteiger partial charge in [0, 0.05) is 28.4 Å². The number of anilines is 1. The van der Waals surface area contributed by atoms with Gasteiger partial charge in [0.2, 0.25) is 0 Å². The van der Waals surface area contributed by atoms with E-state index in [0.717, 1.165) is 10.6 Å². The van der Waals surface area contributed by atoms with Crippen LogP contribution in [0.2, 0.25) is 5.15 Å². The lowest BCUT2D eigenvalue weighted by atomic mass is 9.95. The van der Waals surface area contributed by atoms with E-state index in [1.54, 1.807) is 54.8 Å². The molecular formula is C22H16ClF5N4OS. The maximum absolute atomic E-state index is 14.2. The van der Waals surface area contributed by atoms with Crippen molar-refractivity contribution >= 4 is 33.9 Å². The van der Waals surface area contributed by atoms with E-state index >= 15 is 0 Å². The molecule has 34 heavy (non-hydrogen) atoms. The fourth-order valence-electron chi connectivity index (χ4n) is 3.53. The summed E-state index contributed by atoms with van der Waals surface area (Å²) in [7, 11) is -1.15. The molecule has 0 spiro atoms. The van der Waals surface area contributed by atoms with E-state index in [0.29, 0.717) is 16.0 Å². The second-order valence-electron chi connectivity index (χ2n) is 7.50. The Labute approximate surface area is 198 Å². The van der Waals surface area contributed by atoms with Gasteiger partial charge in [-0.05, 0) is 47.0 Å². The van der Waals surface area contributed by atoms with Gasteiger partial charge >= 0.3 is 12.1 Å². The molecule has 1 aliphatic heterocycles. The molecular weight excluding hydrogens is 499 g/mol. The van der Waals surface area contributed by atoms with Gasteiger partial charge in [0.25, 0.3) is 0 Å². The molecule has 0 N–H and O–H groups in total. The van der Waals surface area contributed by atoms with Crippen LogP contribution in [0.5, 0.6) is 0 Å². The molecule has 0 fully saturated rings. The third-order valence-corrected chi connectivity index (χ3v) is 6.41. The summed E-state index contributed by atoms with van der Waals surface area (Å²) in [6.45, 7) is 0. The van der Waals surface area contributed by atoms with Crippen LogP contribution in [0, 0.1) is 0 Å². The quantitative estimate of drug-likeness (QED) is 0.390. The highest BCUT2D eigenvalue weighted by Crippen LogP contribution is 2.44. The molecule has 3 aromatic rings. The van der Waals surface area contributed by atoms with Crippen LogP contribution in [0.4, 0.5) is 27.8 Å². The second kappa shape index (κ2) is 9.03. The highest BCUT2D eigenvalue weighted by atomic mass is 35.5. The fraction of sp³-hybridized carbons (Fsp3) is 0.227. The molecule has 0 saturated carbocycles. The lowest BCUT2D eigenvalue weighted by molar-refractivity contribution is -0.249. The monoisotopic (exact) mass is 514 g/mol. The number of halogens is 6. The van der Waals surface area contributed by atoms with E-state index in [4.69, 9.17) is 11.6 Å². The van der Waals surface area contributed by atoms with Crippen molar-refractivity contribution in [1.29, 1.82) is 0 Å². The molecule has 178 valence electrons. The minimum Gasteiger partial charge on any atom is -0.255 e. The Morgan fingerprint density at radius 1 is 0.971 bits per heavy atom. The van der Waals surface area contributed by atoms with Gasteiger partial charge in [0.1, 0.15) is 5.71 Å². The fourth-order valence-corrected chi connectivity index (χ4v) is 4.15. The van der Waals surface area contributed by atoms with Crippen LogP contribution in [0.1, 0.15) is 18.0 Å². The minimum atomic E-state index is -5.79. The predicted octanol–water partition coefficient (Wildman–Crippen LogP) is 6.04. The third kappa shape index (κ3) is 4.67. The first kappa shape index (κ1) is 24.2. The number of hydrazone groups is 1. The standard InChI is InChI=1S/C22H16ClF5N4OS/c1-34(33)16-7-5-13(6-8-16)14-3-2-4-15(11-14)17-12-18(21(24,25)22(26,27)28)31-32(17)20-10-9-19(23)29-30-20/h2-11,17H,12H2,1H3. The van der Waals surface area contributed by atoms with Crippen LogP contribution < -0.4 is 5.01 Å². The van der Waals surface area contributed by atoms with E-state index < -0.39 is 41.1 Å². The number of alkyl halides is 5. The summed E-state index contributed by atoms with van der Waals surface area (Å²) in [5, 5.41) is 12.1. The maximum Gasteiger partial charge on any atom is 0.459 e. The van der Waals surface area contributed by atoms with Crippen molar-refractivity contribution in [2.45, 2.75) is 29.5 Å². The van der Waals surface area contributed by atoms with Crippen molar-refractivity contribution in [3.05, 3.63) is 71.4 Å². The first-order valence-corrected chi connectivity index (χ1v) is 11.8. The van der Waals surface area contributed by atoms with Crippen LogP contribution in [-0.2, 0) is 10.8 Å². The molecule has 2 unspecified atom stereocenters. The zero-order chi connectivity index (χ0) is 24.7. The van der Waals surface area contributed by atoms with Crippen molar-refractivity contribution in [3.63, 3.8) is 0 Å². The predicted molar refractivity (Wildman–Crippen MR) is 120 cm³/mol. The Hall–Kier alpha value is -2.92. The van der Waals surface area contributed by atoms with E-state index in [1.807, 2.05) is 0 Å². The number of hydrogen-bond donors (Lipinski definition) is 0. The molecule has 0 aliphatic carbocycles. The molecule has 5 nitrogen and oxygen atoms in total. The van der Waals surface area contributed by atoms with E-state index in [2.05, 4.69) is 15.3 Å². The van der Waals surface area contributed by atoms with Crippen LogP contribution >= 0.6 is 11.6 Å². The van der Waals surface area contributed by atoms with Gasteiger partial charge in [-0.15, -0.1) is 10.2 Å². The minimum absolute atomic E-state index is 0.0254. The summed E-state index contributed by atoms with van der Waals surface area (Å²) in [6, 6.07) is 15.4. The zero-order valence-electron chi connectivity index (χ0n) is 17.4. The second-order valence-corrected chi connectivity index (χ2v) is 9.27. The van der Waals surface area contributed by atoms with E-state index in [1.165, 1.54) is 12.1 Å². The highest BCUT2D eigenvalue weighted by Gasteiger charge is 2.63. The normalized spacial score (nSPS) is 17.6. The highest BCUT2D eigenvalue weighted by molar-refractivity contribution is 7.84. The van der Waals surface area contributed by atoms with Gasteiger partial charge in [-0.2, -0.15) is 27.1 Å². The molecule has 2 aromatic carbocycles. The molecule has 0 bridgehead atoms. The van der Waals surface area contributed by atoms with Crippen molar-refractivity contribution in [3.8, 4) is 11.1 Å². The molecule has 1 aliphatic rings. The van der Waals surface area contributed by atoms with Gasteiger partial charge in [-0.3, -0.25) is 4.21 Å². The molecule has 12 heteroatoms. The van der Waals surface area contributed by atoms with Gasteiger partial charge in [0.15, 0.2) is 11.0 Å². The SMILES string of the molecule is CS(=O)c1ccc(-c2cccc(C3CC(C(F)(F)C(F)(F)F)=NN3c3ccc(Cl)nn3)c2)cc1. The van der Waals surface area contributed by atoms with Gasteiger partial charge in [0.05, 0.1) is 6.04 Å². The summed E-state index contributed by atoms with van der Waals surface area (Å²) in [5.41, 5.74) is 0.591. The van der Waals surface area contributed by atoms with Crippen molar-refractivity contribution in [1.82, 2.24) is 10.2 Å². The van der Waals surface area contributed by atoms with Gasteiger partial charge < -0.3 is 0 Å². The average molecular weight is 515 g/mol. The number of aromatic nitrogens is 2. The summed E-state index contributed by atoms with van der Waals surface area (Å²) < 4.78 is 79.1. The molecule has 0 saturated heterocycles. The Bertz CT molecular complexity index is 1250. The number of rotatable bonds is 5. The van der Waals surface area contributed by atoms with E-state index in [9.17, 15) is 26.2 Å². The Morgan fingerprint density at radius 3 is 2.26 bits per heavy atom. The number of hydrogen-bond acceptors (Lipinski definition) is 5. The summed E-state index contributed by atoms with van der Waals surface area (Å²) in [5.74, 6) is -5.13. The average Bonchev–Trinajstić information content (AvgIpc) is 3.25. The zero-order valence-corrected chi connectivity index (χ0v) is 19.0. The Kier molecular flexibility index (Phi) is 6.43. The molecule has 4 rings (SSSR count). The summed E-state index contributed by atoms with van der Waals surface area (Å²) in [4.78, 5) is 0.635. The first-order chi connectivity index (χ1) is 16.0. The van der Waals surface area contributed by atoms with Crippen LogP contribution in [0.15, 0.2) is 70.7 Å². The largest absolute Gasteiger partial charge is 0.459 e. The molecule has 2 heterocycles. The van der Waals surface area contributed by atoms with E-state index in [-0.39, 0.29) is 11.0 Å². The lowest BCUT2D eigenvalue weighted by Gasteiger charge is -2.23. The molecule has 1 aromatic heterocycles. The topological polar surface area (TPSA) is 58.5 Å². The van der Waals surface area contributed by atoms with Gasteiger partial charge in [-0.25, -0.2) is 5.01 Å². The van der Waals surface area contributed by atoms with Gasteiger partial charge in [-0.1, -0.05) is 41.9 Å². The first-order valence-electron chi connectivity index (χ1n) is 9.82. The Morgan fingerprint density at radius 2 is 1.68 bits per heavy atom. The van der Waals surface area contributed by atoms with Crippen LogP contribution in [0.3, 0.4) is 0 Å². The van der Waals surface area contributed by atoms with Crippen molar-refractivity contribution < 1.29 is 26.2 Å². The Balaban J connectivity index is 1.74. The van der Waals surface area contributed by atoms with Crippen molar-refractivity contribution in [2.75, 3.05) is 11.3 Å². The van der Waals surface area contributed by atoms with Crippen LogP contribution in [-0.4, -0.2) is 38.5 Å². The molecule has 0 radical (unpaired) electrons. The third-order valence-electron chi connectivity index (χ3n) is 5.27. The van der Waals surface area contributed by atoms with Crippen molar-refractivity contribution in [2.24, 2.45) is 5.10 Å². The van der Waals surface area contributed by atoms with Crippen LogP contribution in [0.25, 0.3) is 11.1 Å².